The monoisotopic (exact) mass is 314 g/mol. The van der Waals surface area contributed by atoms with Gasteiger partial charge in [0, 0.05) is 24.7 Å². The number of benzene rings is 1. The van der Waals surface area contributed by atoms with Crippen LogP contribution in [0.1, 0.15) is 24.8 Å². The molecule has 1 saturated carbocycles. The highest BCUT2D eigenvalue weighted by Crippen LogP contribution is 2.24. The molecule has 2 N–H and O–H groups in total. The normalized spacial score (nSPS) is 14.4. The van der Waals surface area contributed by atoms with Gasteiger partial charge < -0.3 is 10.6 Å². The first-order valence-corrected chi connectivity index (χ1v) is 6.84. The highest BCUT2D eigenvalue weighted by Gasteiger charge is 2.22. The Hall–Kier alpha value is -1.10. The molecular weight excluding hydrogens is 299 g/mol. The number of rotatable bonds is 5. The van der Waals surface area contributed by atoms with Crippen molar-refractivity contribution in [2.75, 3.05) is 11.9 Å². The maximum Gasteiger partial charge on any atom is 0.221 e. The summed E-state index contributed by atoms with van der Waals surface area (Å²) in [6, 6.07) is 3.56. The maximum absolute atomic E-state index is 13.4. The minimum absolute atomic E-state index is 0.0558. The van der Waals surface area contributed by atoms with Gasteiger partial charge in [-0.2, -0.15) is 0 Å². The molecule has 0 unspecified atom stereocenters. The fourth-order valence-corrected chi connectivity index (χ4v) is 2.13. The lowest BCUT2D eigenvalue weighted by Crippen LogP contribution is -2.27. The molecule has 0 atom stereocenters. The van der Waals surface area contributed by atoms with Gasteiger partial charge in [0.15, 0.2) is 0 Å². The molecule has 98 valence electrons. The van der Waals surface area contributed by atoms with Crippen LogP contribution < -0.4 is 10.6 Å². The zero-order chi connectivity index (χ0) is 13.1. The number of anilines is 1. The van der Waals surface area contributed by atoms with Crippen molar-refractivity contribution < 1.29 is 9.18 Å². The molecule has 1 amide bonds. The number of halogens is 2. The summed E-state index contributed by atoms with van der Waals surface area (Å²) in [7, 11) is 0. The fraction of sp³-hybridized carbons (Fsp3) is 0.462. The van der Waals surface area contributed by atoms with E-state index >= 15 is 0 Å². The van der Waals surface area contributed by atoms with Crippen LogP contribution in [0.25, 0.3) is 0 Å². The van der Waals surface area contributed by atoms with Crippen molar-refractivity contribution in [1.82, 2.24) is 5.32 Å². The van der Waals surface area contributed by atoms with Crippen molar-refractivity contribution >= 4 is 27.5 Å². The molecule has 0 heterocycles. The van der Waals surface area contributed by atoms with Gasteiger partial charge in [-0.25, -0.2) is 4.39 Å². The summed E-state index contributed by atoms with van der Waals surface area (Å²) in [6.45, 7) is 2.41. The van der Waals surface area contributed by atoms with Gasteiger partial charge in [0.1, 0.15) is 5.82 Å². The molecule has 1 fully saturated rings. The predicted octanol–water partition coefficient (Wildman–Crippen LogP) is 2.98. The van der Waals surface area contributed by atoms with E-state index in [0.717, 1.165) is 24.1 Å². The molecule has 0 aliphatic heterocycles. The van der Waals surface area contributed by atoms with E-state index in [2.05, 4.69) is 26.6 Å². The number of nitrogens with one attached hydrogen (secondary N) is 2. The van der Waals surface area contributed by atoms with Crippen LogP contribution in [0.5, 0.6) is 0 Å². The van der Waals surface area contributed by atoms with Crippen molar-refractivity contribution in [3.8, 4) is 0 Å². The smallest absolute Gasteiger partial charge is 0.221 e. The van der Waals surface area contributed by atoms with Crippen LogP contribution in [-0.4, -0.2) is 18.5 Å². The molecule has 3 nitrogen and oxygen atoms in total. The second-order valence-electron chi connectivity index (χ2n) is 4.60. The van der Waals surface area contributed by atoms with E-state index in [-0.39, 0.29) is 11.7 Å². The number of carbonyl (C=O) groups is 1. The highest BCUT2D eigenvalue weighted by molar-refractivity contribution is 9.10. The van der Waals surface area contributed by atoms with E-state index in [4.69, 9.17) is 0 Å². The third-order valence-corrected chi connectivity index (χ3v) is 3.48. The Labute approximate surface area is 114 Å². The zero-order valence-electron chi connectivity index (χ0n) is 10.2. The Bertz CT molecular complexity index is 461. The number of aryl methyl sites for hydroxylation is 1. The molecule has 2 rings (SSSR count). The predicted molar refractivity (Wildman–Crippen MR) is 73.1 cm³/mol. The Morgan fingerprint density at radius 3 is 2.89 bits per heavy atom. The molecular formula is C13H16BrFN2O. The van der Waals surface area contributed by atoms with Crippen molar-refractivity contribution in [3.05, 3.63) is 28.0 Å². The van der Waals surface area contributed by atoms with Gasteiger partial charge in [0.05, 0.1) is 4.47 Å². The summed E-state index contributed by atoms with van der Waals surface area (Å²) in [5, 5.41) is 6.00. The quantitative estimate of drug-likeness (QED) is 0.877. The van der Waals surface area contributed by atoms with E-state index < -0.39 is 0 Å². The van der Waals surface area contributed by atoms with Gasteiger partial charge >= 0.3 is 0 Å². The van der Waals surface area contributed by atoms with E-state index in [1.807, 2.05) is 6.92 Å². The molecule has 1 aromatic rings. The number of carbonyl (C=O) groups excluding carboxylic acids is 1. The minimum atomic E-state index is -0.300. The lowest BCUT2D eigenvalue weighted by Gasteiger charge is -2.10. The highest BCUT2D eigenvalue weighted by atomic mass is 79.9. The molecule has 0 saturated heterocycles. The summed E-state index contributed by atoms with van der Waals surface area (Å²) >= 11 is 3.14. The van der Waals surface area contributed by atoms with E-state index in [1.54, 1.807) is 6.07 Å². The van der Waals surface area contributed by atoms with Crippen molar-refractivity contribution in [2.45, 2.75) is 32.2 Å². The molecule has 18 heavy (non-hydrogen) atoms. The number of hydrogen-bond acceptors (Lipinski definition) is 2. The van der Waals surface area contributed by atoms with Gasteiger partial charge in [-0.15, -0.1) is 0 Å². The molecule has 0 spiro atoms. The van der Waals surface area contributed by atoms with Gasteiger partial charge in [0.25, 0.3) is 0 Å². The summed E-state index contributed by atoms with van der Waals surface area (Å²) in [4.78, 5) is 11.5. The first-order chi connectivity index (χ1) is 8.56. The largest absolute Gasteiger partial charge is 0.384 e. The molecule has 1 aromatic carbocycles. The van der Waals surface area contributed by atoms with Gasteiger partial charge in [0.2, 0.25) is 5.91 Å². The average molecular weight is 315 g/mol. The number of hydrogen-bond donors (Lipinski definition) is 2. The standard InChI is InChI=1S/C13H16BrFN2O/c1-8-6-10(14)11(15)7-12(8)16-5-4-13(18)17-9-2-3-9/h6-7,9,16H,2-5H2,1H3,(H,17,18). The van der Waals surface area contributed by atoms with Crippen LogP contribution in [-0.2, 0) is 4.79 Å². The first-order valence-electron chi connectivity index (χ1n) is 6.05. The lowest BCUT2D eigenvalue weighted by atomic mass is 10.2. The fourth-order valence-electron chi connectivity index (χ4n) is 1.67. The van der Waals surface area contributed by atoms with Crippen LogP contribution in [0.2, 0.25) is 0 Å². The van der Waals surface area contributed by atoms with Crippen molar-refractivity contribution in [1.29, 1.82) is 0 Å². The first kappa shape index (κ1) is 13.3. The van der Waals surface area contributed by atoms with Crippen LogP contribution in [0, 0.1) is 12.7 Å². The SMILES string of the molecule is Cc1cc(Br)c(F)cc1NCCC(=O)NC1CC1. The summed E-state index contributed by atoms with van der Waals surface area (Å²) in [5.41, 5.74) is 1.68. The van der Waals surface area contributed by atoms with Gasteiger partial charge in [-0.1, -0.05) is 0 Å². The third kappa shape index (κ3) is 3.70. The summed E-state index contributed by atoms with van der Waals surface area (Å²) < 4.78 is 13.8. The third-order valence-electron chi connectivity index (χ3n) is 2.88. The molecule has 0 radical (unpaired) electrons. The van der Waals surface area contributed by atoms with Crippen molar-refractivity contribution in [3.63, 3.8) is 0 Å². The maximum atomic E-state index is 13.4. The molecule has 1 aliphatic rings. The van der Waals surface area contributed by atoms with Gasteiger partial charge in [-0.3, -0.25) is 4.79 Å². The second-order valence-corrected chi connectivity index (χ2v) is 5.45. The molecule has 0 aromatic heterocycles. The molecule has 1 aliphatic carbocycles. The zero-order valence-corrected chi connectivity index (χ0v) is 11.8. The Kier molecular flexibility index (Phi) is 4.22. The summed E-state index contributed by atoms with van der Waals surface area (Å²) in [6.07, 6.45) is 2.60. The Morgan fingerprint density at radius 2 is 2.22 bits per heavy atom. The topological polar surface area (TPSA) is 41.1 Å². The Balaban J connectivity index is 1.82. The Morgan fingerprint density at radius 1 is 1.50 bits per heavy atom. The summed E-state index contributed by atoms with van der Waals surface area (Å²) in [5.74, 6) is -0.245. The van der Waals surface area contributed by atoms with Crippen LogP contribution >= 0.6 is 15.9 Å². The van der Waals surface area contributed by atoms with E-state index in [1.165, 1.54) is 6.07 Å². The van der Waals surface area contributed by atoms with Gasteiger partial charge in [-0.05, 0) is 53.4 Å². The lowest BCUT2D eigenvalue weighted by molar-refractivity contribution is -0.120. The van der Waals surface area contributed by atoms with Crippen LogP contribution in [0.4, 0.5) is 10.1 Å². The van der Waals surface area contributed by atoms with Crippen LogP contribution in [0.3, 0.4) is 0 Å². The number of amides is 1. The van der Waals surface area contributed by atoms with E-state index in [0.29, 0.717) is 23.5 Å². The molecule has 0 bridgehead atoms. The van der Waals surface area contributed by atoms with Crippen LogP contribution in [0.15, 0.2) is 16.6 Å². The van der Waals surface area contributed by atoms with Crippen molar-refractivity contribution in [2.24, 2.45) is 0 Å². The second kappa shape index (κ2) is 5.69. The molecule has 5 heteroatoms. The van der Waals surface area contributed by atoms with E-state index in [9.17, 15) is 9.18 Å². The minimum Gasteiger partial charge on any atom is -0.384 e. The average Bonchev–Trinajstić information content (AvgIpc) is 3.09.